The summed E-state index contributed by atoms with van der Waals surface area (Å²) in [5, 5.41) is 17.6. The van der Waals surface area contributed by atoms with Crippen molar-refractivity contribution in [2.24, 2.45) is 0 Å². The molecule has 1 fully saturated rings. The molecule has 1 aromatic heterocycles. The number of aliphatic hydroxyl groups is 1. The molecule has 13 heteroatoms. The predicted octanol–water partition coefficient (Wildman–Crippen LogP) is 3.43. The Morgan fingerprint density at radius 3 is 2.59 bits per heavy atom. The Balaban J connectivity index is 1.58. The Hall–Kier alpha value is -3.48. The van der Waals surface area contributed by atoms with Crippen molar-refractivity contribution in [3.8, 4) is 17.4 Å². The molecular weight excluding hydrogens is 459 g/mol. The van der Waals surface area contributed by atoms with Crippen molar-refractivity contribution in [2.45, 2.75) is 50.8 Å². The number of carbonyl (C=O) groups excluding carboxylic acids is 1. The van der Waals surface area contributed by atoms with Gasteiger partial charge in [0.15, 0.2) is 0 Å². The number of carbonyl (C=O) groups is 1. The zero-order valence-corrected chi connectivity index (χ0v) is 18.6. The van der Waals surface area contributed by atoms with Crippen LogP contribution in [0.4, 0.5) is 29.6 Å². The van der Waals surface area contributed by atoms with E-state index in [2.05, 4.69) is 30.7 Å². The molecule has 0 aliphatic heterocycles. The zero-order valence-electron chi connectivity index (χ0n) is 18.6. The first-order valence-corrected chi connectivity index (χ1v) is 10.5. The monoisotopic (exact) mass is 485 g/mol. The Bertz CT molecular complexity index is 984. The fourth-order valence-electron chi connectivity index (χ4n) is 3.67. The second-order valence-corrected chi connectivity index (χ2v) is 7.53. The van der Waals surface area contributed by atoms with E-state index >= 15 is 0 Å². The first kappa shape index (κ1) is 25.1. The molecule has 0 radical (unpaired) electrons. The van der Waals surface area contributed by atoms with Crippen LogP contribution in [0.1, 0.15) is 31.2 Å². The Kier molecular flexibility index (Phi) is 8.21. The van der Waals surface area contributed by atoms with E-state index in [0.717, 1.165) is 12.1 Å². The molecule has 0 spiro atoms. The average Bonchev–Trinajstić information content (AvgIpc) is 2.79. The number of amides is 2. The summed E-state index contributed by atoms with van der Waals surface area (Å²) in [6.45, 7) is -0.610. The van der Waals surface area contributed by atoms with Crippen LogP contribution in [-0.4, -0.2) is 53.8 Å². The van der Waals surface area contributed by atoms with Gasteiger partial charge >= 0.3 is 12.4 Å². The summed E-state index contributed by atoms with van der Waals surface area (Å²) in [4.78, 5) is 20.8. The van der Waals surface area contributed by atoms with Crippen molar-refractivity contribution in [2.75, 3.05) is 24.8 Å². The first-order chi connectivity index (χ1) is 16.2. The van der Waals surface area contributed by atoms with Gasteiger partial charge in [-0.2, -0.15) is 4.98 Å². The summed E-state index contributed by atoms with van der Waals surface area (Å²) in [5.41, 5.74) is -0.0322. The largest absolute Gasteiger partial charge is 0.573 e. The van der Waals surface area contributed by atoms with Crippen molar-refractivity contribution < 1.29 is 37.3 Å². The van der Waals surface area contributed by atoms with Crippen molar-refractivity contribution in [3.05, 3.63) is 30.0 Å². The number of urea groups is 1. The third-order valence-corrected chi connectivity index (χ3v) is 5.15. The molecule has 0 atom stereocenters. The van der Waals surface area contributed by atoms with Gasteiger partial charge in [-0.05, 0) is 31.7 Å². The maximum absolute atomic E-state index is 12.6. The van der Waals surface area contributed by atoms with E-state index in [-0.39, 0.29) is 29.1 Å². The van der Waals surface area contributed by atoms with Crippen LogP contribution in [0.3, 0.4) is 0 Å². The van der Waals surface area contributed by atoms with Crippen LogP contribution in [-0.2, 0) is 6.61 Å². The molecule has 1 aromatic carbocycles. The Labute approximate surface area is 193 Å². The molecule has 0 unspecified atom stereocenters. The number of benzene rings is 1. The standard InChI is InChI=1S/C21H26F3N5O5/c1-25-19-26-8-7-17(29-19)33-14-5-3-13(4-6-14)27-20(31)28-16-10-15(34-21(22,23)24)9-12(11-30)18(16)32-2/h7-10,13-14,30H,3-6,11H2,1-2H3,(H,25,26,29)(H2,27,28,31)/t13-,14-. The van der Waals surface area contributed by atoms with Crippen LogP contribution in [0.25, 0.3) is 0 Å². The molecule has 34 heavy (non-hydrogen) atoms. The number of anilines is 2. The molecule has 186 valence electrons. The molecule has 2 amide bonds. The number of hydrogen-bond acceptors (Lipinski definition) is 8. The number of rotatable bonds is 8. The number of nitrogens with zero attached hydrogens (tertiary/aromatic N) is 2. The quantitative estimate of drug-likeness (QED) is 0.448. The lowest BCUT2D eigenvalue weighted by molar-refractivity contribution is -0.274. The number of aliphatic hydroxyl groups excluding tert-OH is 1. The molecule has 1 heterocycles. The normalized spacial score (nSPS) is 18.1. The molecule has 0 saturated heterocycles. The summed E-state index contributed by atoms with van der Waals surface area (Å²) in [7, 11) is 2.99. The number of nitrogens with one attached hydrogen (secondary N) is 3. The minimum Gasteiger partial charge on any atom is -0.494 e. The lowest BCUT2D eigenvalue weighted by atomic mass is 9.93. The smallest absolute Gasteiger partial charge is 0.494 e. The van der Waals surface area contributed by atoms with Gasteiger partial charge in [0.05, 0.1) is 19.4 Å². The molecule has 10 nitrogen and oxygen atoms in total. The molecule has 3 rings (SSSR count). The fourth-order valence-corrected chi connectivity index (χ4v) is 3.67. The van der Waals surface area contributed by atoms with E-state index in [1.165, 1.54) is 7.11 Å². The molecule has 1 aliphatic carbocycles. The van der Waals surface area contributed by atoms with Crippen molar-refractivity contribution in [1.82, 2.24) is 15.3 Å². The molecule has 0 bridgehead atoms. The predicted molar refractivity (Wildman–Crippen MR) is 116 cm³/mol. The Morgan fingerprint density at radius 2 is 1.97 bits per heavy atom. The van der Waals surface area contributed by atoms with Crippen molar-refractivity contribution >= 4 is 17.7 Å². The summed E-state index contributed by atoms with van der Waals surface area (Å²) in [5.74, 6) is 0.363. The second kappa shape index (κ2) is 11.1. The van der Waals surface area contributed by atoms with E-state index in [9.17, 15) is 23.1 Å². The number of methoxy groups -OCH3 is 1. The third-order valence-electron chi connectivity index (χ3n) is 5.15. The van der Waals surface area contributed by atoms with Crippen molar-refractivity contribution in [3.63, 3.8) is 0 Å². The van der Waals surface area contributed by atoms with Gasteiger partial charge < -0.3 is 35.3 Å². The number of aromatic nitrogens is 2. The van der Waals surface area contributed by atoms with Gasteiger partial charge in [-0.3, -0.25) is 0 Å². The average molecular weight is 485 g/mol. The number of halogens is 3. The van der Waals surface area contributed by atoms with Gasteiger partial charge in [0.25, 0.3) is 0 Å². The van der Waals surface area contributed by atoms with Crippen LogP contribution in [0, 0.1) is 0 Å². The maximum Gasteiger partial charge on any atom is 0.573 e. The number of hydrogen-bond donors (Lipinski definition) is 4. The fraction of sp³-hybridized carbons (Fsp3) is 0.476. The summed E-state index contributed by atoms with van der Waals surface area (Å²) < 4.78 is 52.9. The lowest BCUT2D eigenvalue weighted by Crippen LogP contribution is -2.41. The highest BCUT2D eigenvalue weighted by molar-refractivity contribution is 5.91. The van der Waals surface area contributed by atoms with E-state index in [0.29, 0.717) is 37.5 Å². The van der Waals surface area contributed by atoms with Crippen LogP contribution in [0.2, 0.25) is 0 Å². The molecular formula is C21H26F3N5O5. The minimum absolute atomic E-state index is 0.0309. The van der Waals surface area contributed by atoms with Gasteiger partial charge in [0, 0.05) is 37.0 Å². The van der Waals surface area contributed by atoms with Gasteiger partial charge in [-0.15, -0.1) is 13.2 Å². The zero-order chi connectivity index (χ0) is 24.7. The second-order valence-electron chi connectivity index (χ2n) is 7.53. The number of alkyl halides is 3. The van der Waals surface area contributed by atoms with Gasteiger partial charge in [-0.25, -0.2) is 9.78 Å². The Morgan fingerprint density at radius 1 is 1.24 bits per heavy atom. The van der Waals surface area contributed by atoms with E-state index < -0.39 is 24.7 Å². The van der Waals surface area contributed by atoms with E-state index in [1.807, 2.05) is 0 Å². The minimum atomic E-state index is -4.93. The highest BCUT2D eigenvalue weighted by Gasteiger charge is 2.32. The van der Waals surface area contributed by atoms with E-state index in [4.69, 9.17) is 9.47 Å². The highest BCUT2D eigenvalue weighted by Crippen LogP contribution is 2.36. The highest BCUT2D eigenvalue weighted by atomic mass is 19.4. The van der Waals surface area contributed by atoms with Crippen LogP contribution in [0.5, 0.6) is 17.4 Å². The third kappa shape index (κ3) is 7.01. The van der Waals surface area contributed by atoms with Crippen LogP contribution in [0.15, 0.2) is 24.4 Å². The van der Waals surface area contributed by atoms with Gasteiger partial charge in [-0.1, -0.05) is 0 Å². The molecule has 2 aromatic rings. The molecule has 4 N–H and O–H groups in total. The molecule has 1 aliphatic rings. The number of ether oxygens (including phenoxy) is 3. The summed E-state index contributed by atoms with van der Waals surface area (Å²) in [6, 6.07) is 2.87. The van der Waals surface area contributed by atoms with Gasteiger partial charge in [0.2, 0.25) is 11.8 Å². The van der Waals surface area contributed by atoms with Gasteiger partial charge in [0.1, 0.15) is 17.6 Å². The lowest BCUT2D eigenvalue weighted by Gasteiger charge is -2.29. The van der Waals surface area contributed by atoms with Crippen LogP contribution < -0.4 is 30.2 Å². The summed E-state index contributed by atoms with van der Waals surface area (Å²) in [6.07, 6.45) is -0.771. The SMILES string of the molecule is CNc1nccc(O[C@H]2CC[C@H](NC(=O)Nc3cc(OC(F)(F)F)cc(CO)c3OC)CC2)n1. The topological polar surface area (TPSA) is 127 Å². The van der Waals surface area contributed by atoms with E-state index in [1.54, 1.807) is 19.3 Å². The maximum atomic E-state index is 12.6. The molecule has 1 saturated carbocycles. The first-order valence-electron chi connectivity index (χ1n) is 10.5. The van der Waals surface area contributed by atoms with Crippen molar-refractivity contribution in [1.29, 1.82) is 0 Å². The summed E-state index contributed by atoms with van der Waals surface area (Å²) >= 11 is 0. The van der Waals surface area contributed by atoms with Crippen LogP contribution >= 0.6 is 0 Å².